The maximum absolute atomic E-state index is 12.0. The monoisotopic (exact) mass is 323 g/mol. The molecule has 0 bridgehead atoms. The number of methoxy groups -OCH3 is 1. The summed E-state index contributed by atoms with van der Waals surface area (Å²) in [6, 6.07) is 1.59. The van der Waals surface area contributed by atoms with Gasteiger partial charge < -0.3 is 14.8 Å². The molecule has 2 fully saturated rings. The summed E-state index contributed by atoms with van der Waals surface area (Å²) < 4.78 is 7.04. The molecule has 128 valence electrons. The summed E-state index contributed by atoms with van der Waals surface area (Å²) in [7, 11) is 1.74. The van der Waals surface area contributed by atoms with Crippen LogP contribution >= 0.6 is 0 Å². The second kappa shape index (κ2) is 6.22. The van der Waals surface area contributed by atoms with Crippen molar-refractivity contribution < 1.29 is 9.84 Å². The normalized spacial score (nSPS) is 31.3. The molecule has 1 saturated carbocycles. The van der Waals surface area contributed by atoms with Crippen molar-refractivity contribution in [3.8, 4) is 0 Å². The number of aryl methyl sites for hydroxylation is 1. The van der Waals surface area contributed by atoms with E-state index in [4.69, 9.17) is 4.74 Å². The van der Waals surface area contributed by atoms with Gasteiger partial charge >= 0.3 is 5.69 Å². The molecule has 1 aliphatic carbocycles. The SMILES string of the molecule is CO[C@@]12CC[C@H](O)C[C@@H]1N(CCn1c(=O)cc(C)[nH]c1=O)CC2. The molecule has 3 atom stereocenters. The molecule has 1 saturated heterocycles. The van der Waals surface area contributed by atoms with Crippen LogP contribution in [0.25, 0.3) is 0 Å². The van der Waals surface area contributed by atoms with Crippen LogP contribution in [0.1, 0.15) is 31.4 Å². The minimum absolute atomic E-state index is 0.150. The molecule has 2 aliphatic rings. The van der Waals surface area contributed by atoms with Gasteiger partial charge in [-0.2, -0.15) is 0 Å². The Morgan fingerprint density at radius 3 is 2.87 bits per heavy atom. The smallest absolute Gasteiger partial charge is 0.328 e. The van der Waals surface area contributed by atoms with Crippen molar-refractivity contribution in [1.29, 1.82) is 0 Å². The third kappa shape index (κ3) is 3.00. The Balaban J connectivity index is 1.74. The van der Waals surface area contributed by atoms with E-state index in [1.165, 1.54) is 10.6 Å². The maximum Gasteiger partial charge on any atom is 0.328 e. The minimum Gasteiger partial charge on any atom is -0.393 e. The Labute approximate surface area is 134 Å². The molecular formula is C16H25N3O4. The lowest BCUT2D eigenvalue weighted by molar-refractivity contribution is -0.0871. The molecule has 0 aromatic carbocycles. The zero-order valence-electron chi connectivity index (χ0n) is 13.7. The summed E-state index contributed by atoms with van der Waals surface area (Å²) in [5.41, 5.74) is -0.251. The molecule has 1 aromatic rings. The van der Waals surface area contributed by atoms with Crippen molar-refractivity contribution in [3.63, 3.8) is 0 Å². The van der Waals surface area contributed by atoms with Gasteiger partial charge in [0.15, 0.2) is 0 Å². The average molecular weight is 323 g/mol. The first kappa shape index (κ1) is 16.4. The van der Waals surface area contributed by atoms with E-state index in [1.54, 1.807) is 14.0 Å². The summed E-state index contributed by atoms with van der Waals surface area (Å²) >= 11 is 0. The van der Waals surface area contributed by atoms with Crippen LogP contribution < -0.4 is 11.2 Å². The fraction of sp³-hybridized carbons (Fsp3) is 0.750. The molecule has 7 heteroatoms. The third-order valence-corrected chi connectivity index (χ3v) is 5.44. The van der Waals surface area contributed by atoms with Gasteiger partial charge in [-0.15, -0.1) is 0 Å². The minimum atomic E-state index is -0.365. The maximum atomic E-state index is 12.0. The van der Waals surface area contributed by atoms with Gasteiger partial charge in [-0.05, 0) is 32.6 Å². The second-order valence-electron chi connectivity index (χ2n) is 6.75. The predicted molar refractivity (Wildman–Crippen MR) is 85.6 cm³/mol. The number of aromatic amines is 1. The van der Waals surface area contributed by atoms with E-state index in [2.05, 4.69) is 9.88 Å². The van der Waals surface area contributed by atoms with Gasteiger partial charge in [0.1, 0.15) is 0 Å². The lowest BCUT2D eigenvalue weighted by Crippen LogP contribution is -2.52. The summed E-state index contributed by atoms with van der Waals surface area (Å²) in [6.45, 7) is 3.52. The first-order valence-corrected chi connectivity index (χ1v) is 8.23. The first-order chi connectivity index (χ1) is 10.9. The van der Waals surface area contributed by atoms with Crippen molar-refractivity contribution >= 4 is 0 Å². The highest BCUT2D eigenvalue weighted by Gasteiger charge is 2.50. The van der Waals surface area contributed by atoms with Gasteiger partial charge in [0.25, 0.3) is 5.56 Å². The fourth-order valence-electron chi connectivity index (χ4n) is 4.11. The first-order valence-electron chi connectivity index (χ1n) is 8.23. The van der Waals surface area contributed by atoms with Crippen LogP contribution in [0.5, 0.6) is 0 Å². The number of nitrogens with zero attached hydrogens (tertiary/aromatic N) is 2. The summed E-state index contributed by atoms with van der Waals surface area (Å²) in [4.78, 5) is 28.8. The molecule has 7 nitrogen and oxygen atoms in total. The standard InChI is InChI=1S/C16H25N3O4/c1-11-9-14(21)19(15(22)17-11)8-7-18-6-5-16(23-2)4-3-12(20)10-13(16)18/h9,12-13,20H,3-8,10H2,1-2H3,(H,17,22)/t12-,13-,16+/m0/s1. The zero-order valence-corrected chi connectivity index (χ0v) is 13.7. The topological polar surface area (TPSA) is 87.6 Å². The van der Waals surface area contributed by atoms with Crippen LogP contribution in [0, 0.1) is 6.92 Å². The van der Waals surface area contributed by atoms with Gasteiger partial charge in [-0.3, -0.25) is 14.3 Å². The summed E-state index contributed by atoms with van der Waals surface area (Å²) in [5, 5.41) is 10.00. The van der Waals surface area contributed by atoms with E-state index >= 15 is 0 Å². The molecule has 23 heavy (non-hydrogen) atoms. The van der Waals surface area contributed by atoms with Crippen LogP contribution in [0.4, 0.5) is 0 Å². The van der Waals surface area contributed by atoms with Crippen molar-refractivity contribution in [2.45, 2.75) is 56.9 Å². The molecule has 2 N–H and O–H groups in total. The number of hydrogen-bond donors (Lipinski definition) is 2. The second-order valence-corrected chi connectivity index (χ2v) is 6.75. The summed E-state index contributed by atoms with van der Waals surface area (Å²) in [5.74, 6) is 0. The van der Waals surface area contributed by atoms with Gasteiger partial charge in [-0.1, -0.05) is 0 Å². The number of aromatic nitrogens is 2. The number of aliphatic hydroxyl groups excluding tert-OH is 1. The Kier molecular flexibility index (Phi) is 4.44. The van der Waals surface area contributed by atoms with E-state index in [9.17, 15) is 14.7 Å². The third-order valence-electron chi connectivity index (χ3n) is 5.44. The van der Waals surface area contributed by atoms with E-state index in [0.29, 0.717) is 25.2 Å². The summed E-state index contributed by atoms with van der Waals surface area (Å²) in [6.07, 6.45) is 2.95. The Bertz CT molecular complexity index is 651. The number of nitrogens with one attached hydrogen (secondary N) is 1. The lowest BCUT2D eigenvalue weighted by atomic mass is 9.79. The molecule has 1 aromatic heterocycles. The van der Waals surface area contributed by atoms with Crippen molar-refractivity contribution in [2.75, 3.05) is 20.2 Å². The highest BCUT2D eigenvalue weighted by molar-refractivity contribution is 5.05. The molecule has 0 spiro atoms. The van der Waals surface area contributed by atoms with E-state index in [-0.39, 0.29) is 29.0 Å². The van der Waals surface area contributed by atoms with Crippen LogP contribution in [0.2, 0.25) is 0 Å². The Morgan fingerprint density at radius 1 is 1.39 bits per heavy atom. The predicted octanol–water partition coefficient (Wildman–Crippen LogP) is -0.151. The van der Waals surface area contributed by atoms with Crippen LogP contribution in [0.15, 0.2) is 15.7 Å². The highest BCUT2D eigenvalue weighted by atomic mass is 16.5. The molecule has 0 unspecified atom stereocenters. The molecule has 3 rings (SSSR count). The number of likely N-dealkylation sites (tertiary alicyclic amines) is 1. The van der Waals surface area contributed by atoms with Crippen molar-refractivity contribution in [2.24, 2.45) is 0 Å². The Morgan fingerprint density at radius 2 is 2.17 bits per heavy atom. The molecule has 2 heterocycles. The van der Waals surface area contributed by atoms with Gasteiger partial charge in [0, 0.05) is 44.5 Å². The van der Waals surface area contributed by atoms with Crippen LogP contribution in [-0.2, 0) is 11.3 Å². The van der Waals surface area contributed by atoms with E-state index in [0.717, 1.165) is 25.8 Å². The van der Waals surface area contributed by atoms with Gasteiger partial charge in [-0.25, -0.2) is 4.79 Å². The van der Waals surface area contributed by atoms with Crippen LogP contribution in [-0.4, -0.2) is 57.5 Å². The zero-order chi connectivity index (χ0) is 16.6. The van der Waals surface area contributed by atoms with Gasteiger partial charge in [0.05, 0.1) is 11.7 Å². The number of hydrogen-bond acceptors (Lipinski definition) is 5. The average Bonchev–Trinajstić information content (AvgIpc) is 2.85. The number of aliphatic hydroxyl groups is 1. The number of rotatable bonds is 4. The number of fused-ring (bicyclic) bond motifs is 1. The Hall–Kier alpha value is -1.44. The molecular weight excluding hydrogens is 298 g/mol. The van der Waals surface area contributed by atoms with Crippen molar-refractivity contribution in [1.82, 2.24) is 14.5 Å². The number of H-pyrrole nitrogens is 1. The highest BCUT2D eigenvalue weighted by Crippen LogP contribution is 2.42. The molecule has 0 amide bonds. The largest absolute Gasteiger partial charge is 0.393 e. The van der Waals surface area contributed by atoms with Crippen LogP contribution in [0.3, 0.4) is 0 Å². The van der Waals surface area contributed by atoms with Crippen molar-refractivity contribution in [3.05, 3.63) is 32.6 Å². The molecule has 0 radical (unpaired) electrons. The van der Waals surface area contributed by atoms with E-state index in [1.807, 2.05) is 0 Å². The van der Waals surface area contributed by atoms with Gasteiger partial charge in [0.2, 0.25) is 0 Å². The quantitative estimate of drug-likeness (QED) is 0.804. The number of ether oxygens (including phenoxy) is 1. The molecule has 1 aliphatic heterocycles. The van der Waals surface area contributed by atoms with E-state index < -0.39 is 0 Å². The fourth-order valence-corrected chi connectivity index (χ4v) is 4.11. The lowest BCUT2D eigenvalue weighted by Gasteiger charge is -2.42.